The van der Waals surface area contributed by atoms with Crippen molar-refractivity contribution >= 4 is 11.0 Å². The zero-order chi connectivity index (χ0) is 17.2. The third-order valence-electron chi connectivity index (χ3n) is 3.77. The predicted molar refractivity (Wildman–Crippen MR) is 92.9 cm³/mol. The number of aromatic nitrogens is 3. The molecule has 0 radical (unpaired) electrons. The maximum absolute atomic E-state index is 12.4. The molecule has 0 aliphatic rings. The quantitative estimate of drug-likeness (QED) is 0.419. The van der Waals surface area contributed by atoms with E-state index in [2.05, 4.69) is 21.8 Å². The van der Waals surface area contributed by atoms with Crippen molar-refractivity contribution in [3.8, 4) is 22.9 Å². The van der Waals surface area contributed by atoms with E-state index < -0.39 is 5.63 Å². The Bertz CT molecular complexity index is 1110. The van der Waals surface area contributed by atoms with Crippen molar-refractivity contribution in [2.24, 2.45) is 0 Å². The highest BCUT2D eigenvalue weighted by atomic mass is 16.4. The Kier molecular flexibility index (Phi) is 3.70. The van der Waals surface area contributed by atoms with E-state index in [1.54, 1.807) is 36.7 Å². The molecule has 1 aromatic carbocycles. The van der Waals surface area contributed by atoms with Crippen LogP contribution in [-0.4, -0.2) is 15.2 Å². The fourth-order valence-electron chi connectivity index (χ4n) is 2.61. The average molecular weight is 331 g/mol. The van der Waals surface area contributed by atoms with E-state index in [0.29, 0.717) is 23.5 Å². The Morgan fingerprint density at radius 3 is 2.76 bits per heavy atom. The maximum atomic E-state index is 12.4. The molecule has 0 aliphatic carbocycles. The van der Waals surface area contributed by atoms with E-state index >= 15 is 0 Å². The van der Waals surface area contributed by atoms with Gasteiger partial charge in [-0.25, -0.2) is 4.79 Å². The molecular weight excluding hydrogens is 318 g/mol. The molecule has 0 atom stereocenters. The van der Waals surface area contributed by atoms with E-state index in [0.717, 1.165) is 10.9 Å². The Morgan fingerprint density at radius 2 is 1.96 bits per heavy atom. The summed E-state index contributed by atoms with van der Waals surface area (Å²) in [6.07, 6.45) is 5.65. The second-order valence-electron chi connectivity index (χ2n) is 5.43. The number of benzene rings is 1. The summed E-state index contributed by atoms with van der Waals surface area (Å²) in [6, 6.07) is 10.9. The molecule has 3 heterocycles. The predicted octanol–water partition coefficient (Wildman–Crippen LogP) is 3.63. The molecule has 0 bridgehead atoms. The first-order chi connectivity index (χ1) is 12.3. The molecule has 4 rings (SSSR count). The van der Waals surface area contributed by atoms with Gasteiger partial charge < -0.3 is 8.83 Å². The van der Waals surface area contributed by atoms with Gasteiger partial charge in [0, 0.05) is 17.8 Å². The zero-order valence-corrected chi connectivity index (χ0v) is 13.2. The molecule has 6 heteroatoms. The topological polar surface area (TPSA) is 82.0 Å². The van der Waals surface area contributed by atoms with E-state index in [9.17, 15) is 4.79 Å². The number of hydrogen-bond acceptors (Lipinski definition) is 6. The smallest absolute Gasteiger partial charge is 0.349 e. The summed E-state index contributed by atoms with van der Waals surface area (Å²) in [4.78, 5) is 16.4. The molecular formula is C19H13N3O3. The van der Waals surface area contributed by atoms with Crippen LogP contribution >= 0.6 is 0 Å². The van der Waals surface area contributed by atoms with Gasteiger partial charge in [-0.15, -0.1) is 16.8 Å². The summed E-state index contributed by atoms with van der Waals surface area (Å²) in [6.45, 7) is 3.72. The summed E-state index contributed by atoms with van der Waals surface area (Å²) in [5.41, 5.74) is 1.83. The Morgan fingerprint density at radius 1 is 1.08 bits per heavy atom. The normalized spacial score (nSPS) is 10.9. The average Bonchev–Trinajstić information content (AvgIpc) is 3.13. The summed E-state index contributed by atoms with van der Waals surface area (Å²) in [5, 5.41) is 8.74. The van der Waals surface area contributed by atoms with Gasteiger partial charge in [0.2, 0.25) is 5.89 Å². The molecule has 0 N–H and O–H groups in total. The van der Waals surface area contributed by atoms with Crippen LogP contribution in [0.1, 0.15) is 5.56 Å². The van der Waals surface area contributed by atoms with Crippen LogP contribution in [0.25, 0.3) is 33.9 Å². The SMILES string of the molecule is C=CCc1cccc2cc(-c3nnc(-c4cccnc4)o3)c(=O)oc12. The van der Waals surface area contributed by atoms with Gasteiger partial charge in [-0.1, -0.05) is 24.3 Å². The van der Waals surface area contributed by atoms with Crippen molar-refractivity contribution < 1.29 is 8.83 Å². The maximum Gasteiger partial charge on any atom is 0.349 e. The first-order valence-electron chi connectivity index (χ1n) is 7.67. The molecule has 0 unspecified atom stereocenters. The van der Waals surface area contributed by atoms with Crippen LogP contribution in [0, 0.1) is 0 Å². The summed E-state index contributed by atoms with van der Waals surface area (Å²) >= 11 is 0. The molecule has 4 aromatic rings. The molecule has 0 spiro atoms. The van der Waals surface area contributed by atoms with Gasteiger partial charge in [-0.2, -0.15) is 0 Å². The fourth-order valence-corrected chi connectivity index (χ4v) is 2.61. The molecule has 3 aromatic heterocycles. The minimum atomic E-state index is -0.523. The van der Waals surface area contributed by atoms with Crippen LogP contribution in [-0.2, 0) is 6.42 Å². The second kappa shape index (κ2) is 6.16. The number of fused-ring (bicyclic) bond motifs is 1. The lowest BCUT2D eigenvalue weighted by Gasteiger charge is -2.03. The standard InChI is InChI=1S/C19H13N3O3/c1-2-5-12-6-3-7-13-10-15(19(23)24-16(12)13)18-22-21-17(25-18)14-8-4-9-20-11-14/h2-4,6-11H,1,5H2. The van der Waals surface area contributed by atoms with Crippen molar-refractivity contribution in [3.63, 3.8) is 0 Å². The van der Waals surface area contributed by atoms with Crippen molar-refractivity contribution in [3.05, 3.63) is 77.4 Å². The summed E-state index contributed by atoms with van der Waals surface area (Å²) in [7, 11) is 0. The third kappa shape index (κ3) is 2.74. The molecule has 0 aliphatic heterocycles. The van der Waals surface area contributed by atoms with Crippen molar-refractivity contribution in [2.75, 3.05) is 0 Å². The Hall–Kier alpha value is -3.54. The Labute approximate surface area is 142 Å². The fraction of sp³-hybridized carbons (Fsp3) is 0.0526. The van der Waals surface area contributed by atoms with E-state index in [1.165, 1.54) is 0 Å². The minimum Gasteiger partial charge on any atom is -0.422 e. The van der Waals surface area contributed by atoms with E-state index in [-0.39, 0.29) is 11.5 Å². The van der Waals surface area contributed by atoms with Crippen LogP contribution < -0.4 is 5.63 Å². The second-order valence-corrected chi connectivity index (χ2v) is 5.43. The zero-order valence-electron chi connectivity index (χ0n) is 13.2. The number of hydrogen-bond donors (Lipinski definition) is 0. The van der Waals surface area contributed by atoms with E-state index in [1.807, 2.05) is 18.2 Å². The molecule has 0 fully saturated rings. The third-order valence-corrected chi connectivity index (χ3v) is 3.77. The van der Waals surface area contributed by atoms with Gasteiger partial charge in [-0.3, -0.25) is 4.98 Å². The number of rotatable bonds is 4. The van der Waals surface area contributed by atoms with Gasteiger partial charge in [0.1, 0.15) is 11.1 Å². The molecule has 0 amide bonds. The van der Waals surface area contributed by atoms with Gasteiger partial charge in [0.05, 0.1) is 5.56 Å². The molecule has 122 valence electrons. The van der Waals surface area contributed by atoms with Crippen LogP contribution in [0.4, 0.5) is 0 Å². The molecule has 6 nitrogen and oxygen atoms in total. The lowest BCUT2D eigenvalue weighted by Crippen LogP contribution is -2.04. The highest BCUT2D eigenvalue weighted by Gasteiger charge is 2.16. The minimum absolute atomic E-state index is 0.114. The first kappa shape index (κ1) is 15.0. The number of allylic oxidation sites excluding steroid dienone is 1. The Balaban J connectivity index is 1.82. The highest BCUT2D eigenvalue weighted by Crippen LogP contribution is 2.25. The van der Waals surface area contributed by atoms with Crippen molar-refractivity contribution in [2.45, 2.75) is 6.42 Å². The number of nitrogens with zero attached hydrogens (tertiary/aromatic N) is 3. The van der Waals surface area contributed by atoms with Gasteiger partial charge in [0.15, 0.2) is 0 Å². The van der Waals surface area contributed by atoms with Crippen molar-refractivity contribution in [1.29, 1.82) is 0 Å². The van der Waals surface area contributed by atoms with Gasteiger partial charge in [-0.05, 0) is 30.2 Å². The van der Waals surface area contributed by atoms with Crippen molar-refractivity contribution in [1.82, 2.24) is 15.2 Å². The summed E-state index contributed by atoms with van der Waals surface area (Å²) < 4.78 is 11.1. The van der Waals surface area contributed by atoms with E-state index in [4.69, 9.17) is 8.83 Å². The van der Waals surface area contributed by atoms with Crippen LogP contribution in [0.2, 0.25) is 0 Å². The molecule has 0 saturated carbocycles. The monoisotopic (exact) mass is 331 g/mol. The number of pyridine rings is 1. The van der Waals surface area contributed by atoms with Gasteiger partial charge in [0.25, 0.3) is 5.89 Å². The van der Waals surface area contributed by atoms with Crippen LogP contribution in [0.5, 0.6) is 0 Å². The lowest BCUT2D eigenvalue weighted by molar-refractivity contribution is 0.545. The lowest BCUT2D eigenvalue weighted by atomic mass is 10.1. The van der Waals surface area contributed by atoms with Crippen LogP contribution in [0.15, 0.2) is 75.1 Å². The van der Waals surface area contributed by atoms with Crippen LogP contribution in [0.3, 0.4) is 0 Å². The number of para-hydroxylation sites is 1. The highest BCUT2D eigenvalue weighted by molar-refractivity contribution is 5.83. The largest absolute Gasteiger partial charge is 0.422 e. The first-order valence-corrected chi connectivity index (χ1v) is 7.67. The molecule has 0 saturated heterocycles. The molecule has 25 heavy (non-hydrogen) atoms. The van der Waals surface area contributed by atoms with Gasteiger partial charge >= 0.3 is 5.63 Å². The summed E-state index contributed by atoms with van der Waals surface area (Å²) in [5.74, 6) is 0.409.